The fourth-order valence-corrected chi connectivity index (χ4v) is 16.5. The molecule has 0 spiro atoms. The summed E-state index contributed by atoms with van der Waals surface area (Å²) >= 11 is 12.4. The molecular weight excluding hydrogens is 1380 g/mol. The molecule has 8 aromatic carbocycles. The van der Waals surface area contributed by atoms with E-state index in [4.69, 9.17) is 23.2 Å². The molecule has 0 aliphatic heterocycles. The minimum atomic E-state index is -5.01. The van der Waals surface area contributed by atoms with Gasteiger partial charge < -0.3 is 31.5 Å². The Hall–Kier alpha value is -8.79. The first kappa shape index (κ1) is 66.1. The lowest BCUT2D eigenvalue weighted by atomic mass is 10.1. The maximum atomic E-state index is 13.3. The number of phenols is 2. The van der Waals surface area contributed by atoms with E-state index in [2.05, 4.69) is 71.6 Å². The molecule has 38 heteroatoms. The molecule has 2 aromatic heterocycles. The zero-order valence-electron chi connectivity index (χ0n) is 46.2. The fourth-order valence-electron chi connectivity index (χ4n) is 8.49. The molecule has 9 N–H and O–H groups in total. The Bertz CT molecular complexity index is 5180. The Kier molecular flexibility index (Phi) is 19.5. The van der Waals surface area contributed by atoms with Gasteiger partial charge in [0, 0.05) is 33.7 Å². The number of fused-ring (bicyclic) bond motifs is 2. The second-order valence-corrected chi connectivity index (χ2v) is 30.8. The monoisotopic (exact) mass is 1420 g/mol. The van der Waals surface area contributed by atoms with Crippen LogP contribution in [0.25, 0.3) is 21.5 Å². The summed E-state index contributed by atoms with van der Waals surface area (Å²) in [6, 6.07) is 34.6. The number of para-hydroxylation sites is 1. The van der Waals surface area contributed by atoms with E-state index in [0.29, 0.717) is 5.69 Å². The molecular formula is C54H42Cl2N14O15S7. The number of hydrogen-bond acceptors (Lipinski definition) is 28. The van der Waals surface area contributed by atoms with Crippen LogP contribution in [0.3, 0.4) is 0 Å². The molecule has 474 valence electrons. The van der Waals surface area contributed by atoms with Crippen LogP contribution in [0.4, 0.5) is 69.3 Å². The van der Waals surface area contributed by atoms with Crippen molar-refractivity contribution in [2.45, 2.75) is 24.5 Å². The molecule has 0 saturated carbocycles. The molecule has 0 saturated heterocycles. The van der Waals surface area contributed by atoms with Gasteiger partial charge in [0.1, 0.15) is 16.3 Å². The van der Waals surface area contributed by atoms with Gasteiger partial charge in [0.2, 0.25) is 34.4 Å². The second kappa shape index (κ2) is 27.2. The van der Waals surface area contributed by atoms with Crippen molar-refractivity contribution in [1.29, 1.82) is 0 Å². The van der Waals surface area contributed by atoms with Crippen LogP contribution < -0.4 is 21.3 Å². The Morgan fingerprint density at radius 3 is 1.40 bits per heavy atom. The number of phenolic OH excluding ortho intramolecular Hbond substituents is 2. The third kappa shape index (κ3) is 16.3. The van der Waals surface area contributed by atoms with Crippen LogP contribution in [0.15, 0.2) is 197 Å². The van der Waals surface area contributed by atoms with E-state index in [1.165, 1.54) is 91.0 Å². The summed E-state index contributed by atoms with van der Waals surface area (Å²) in [4.78, 5) is 22.8. The molecule has 10 aromatic rings. The topological polar surface area (TPSA) is 447 Å². The first-order valence-corrected chi connectivity index (χ1v) is 36.7. The average molecular weight is 1420 g/mol. The van der Waals surface area contributed by atoms with Gasteiger partial charge >= 0.3 is 0 Å². The number of benzene rings is 8. The Balaban J connectivity index is 0.743. The van der Waals surface area contributed by atoms with Gasteiger partial charge in [-0.05, 0) is 149 Å². The number of anilines is 8. The summed E-state index contributed by atoms with van der Waals surface area (Å²) in [7, 11) is -19.8. The number of nitrogens with one attached hydrogen (secondary N) is 4. The van der Waals surface area contributed by atoms with Crippen LogP contribution >= 0.6 is 44.8 Å². The lowest BCUT2D eigenvalue weighted by Gasteiger charge is -2.14. The van der Waals surface area contributed by atoms with Gasteiger partial charge in [-0.2, -0.15) is 65.4 Å². The molecule has 0 amide bonds. The average Bonchev–Trinajstić information content (AvgIpc) is 0.771. The number of nitrogens with zero attached hydrogens (tertiary/aromatic N) is 10. The highest BCUT2D eigenvalue weighted by Crippen LogP contribution is 2.46. The third-order valence-corrected chi connectivity index (χ3v) is 22.0. The van der Waals surface area contributed by atoms with Crippen molar-refractivity contribution in [3.63, 3.8) is 0 Å². The molecule has 92 heavy (non-hydrogen) atoms. The number of halogens is 2. The lowest BCUT2D eigenvalue weighted by molar-refractivity contribution is 0.472. The highest BCUT2D eigenvalue weighted by atomic mass is 35.5. The Morgan fingerprint density at radius 2 is 0.880 bits per heavy atom. The first-order chi connectivity index (χ1) is 43.6. The van der Waals surface area contributed by atoms with Crippen LogP contribution in [-0.4, -0.2) is 119 Å². The number of aromatic nitrogens is 6. The third-order valence-electron chi connectivity index (χ3n) is 12.7. The van der Waals surface area contributed by atoms with E-state index in [0.717, 1.165) is 51.9 Å². The molecule has 0 unspecified atom stereocenters. The number of rotatable bonds is 24. The van der Waals surface area contributed by atoms with Crippen molar-refractivity contribution in [2.24, 2.45) is 20.5 Å². The molecule has 2 heterocycles. The standard InChI is InChI=1S/C54H42Cl2N14O15S7/c55-49-61-51(57-32-6-2-1-3-7-32)65-53(63-49)59-40-8-4-5-30-28-43(92(83,84)85)46(48(72)44(30)40)70-68-35-14-18-37(19-15-35)89(75,76)26-24-87-86-23-25-88(73,74)36-16-12-34(13-17-36)67-69-41-22-9-31-27-39(91(80,81)82)29-42(45(31)47(41)71)60-54-64-50(56)62-52(66-54)58-33-10-20-38(21-11-33)90(77,78)79/h1-22,27-29,71-72H,23-26H2,(H,77,78,79)(H,80,81,82)(H,83,84,85)(H2,57,59,61,63,65)(H2,58,60,62,64,66). The maximum Gasteiger partial charge on any atom is 0.296 e. The number of hydrogen-bond donors (Lipinski definition) is 9. The van der Waals surface area contributed by atoms with E-state index >= 15 is 0 Å². The Morgan fingerprint density at radius 1 is 0.413 bits per heavy atom. The highest BCUT2D eigenvalue weighted by molar-refractivity contribution is 8.76. The van der Waals surface area contributed by atoms with Crippen molar-refractivity contribution in [2.75, 3.05) is 44.3 Å². The lowest BCUT2D eigenvalue weighted by Crippen LogP contribution is -2.09. The van der Waals surface area contributed by atoms with E-state index in [1.807, 2.05) is 6.07 Å². The zero-order chi connectivity index (χ0) is 65.8. The van der Waals surface area contributed by atoms with Gasteiger partial charge in [-0.25, -0.2) is 16.8 Å². The summed E-state index contributed by atoms with van der Waals surface area (Å²) < 4.78 is 155. The molecule has 0 aliphatic carbocycles. The quantitative estimate of drug-likeness (QED) is 0.0117. The summed E-state index contributed by atoms with van der Waals surface area (Å²) in [6.45, 7) is 0. The predicted octanol–water partition coefficient (Wildman–Crippen LogP) is 12.3. The SMILES string of the molecule is O=S(=O)(O)c1ccc(Nc2nc(Cl)nc(Nc3cc(S(=O)(=O)O)cc4ccc(N=Nc5ccc(S(=O)(=O)CCSSCCS(=O)(=O)c6ccc(N=Nc7c(S(=O)(=O)O)cc8cccc(Nc9nc(Cl)nc(Nc%10ccccc%10)n9)c8c7O)cc6)cc5)c(O)c34)n2)cc1. The number of aromatic hydroxyl groups is 2. The van der Waals surface area contributed by atoms with Crippen LogP contribution in [0.5, 0.6) is 11.5 Å². The minimum absolute atomic E-state index is 0.0346. The van der Waals surface area contributed by atoms with E-state index in [1.54, 1.807) is 24.3 Å². The van der Waals surface area contributed by atoms with Crippen molar-refractivity contribution < 1.29 is 66.0 Å². The molecule has 0 bridgehead atoms. The summed E-state index contributed by atoms with van der Waals surface area (Å²) in [5.41, 5.74) is 0.359. The van der Waals surface area contributed by atoms with Gasteiger partial charge in [-0.3, -0.25) is 13.7 Å². The van der Waals surface area contributed by atoms with Gasteiger partial charge in [-0.15, -0.1) is 10.2 Å². The van der Waals surface area contributed by atoms with E-state index in [-0.39, 0.29) is 128 Å². The molecule has 0 radical (unpaired) electrons. The Labute approximate surface area is 540 Å². The summed E-state index contributed by atoms with van der Waals surface area (Å²) in [5, 5.41) is 50.5. The highest BCUT2D eigenvalue weighted by Gasteiger charge is 2.25. The zero-order valence-corrected chi connectivity index (χ0v) is 53.4. The largest absolute Gasteiger partial charge is 0.505 e. The normalized spacial score (nSPS) is 12.4. The first-order valence-electron chi connectivity index (χ1n) is 25.9. The number of sulfone groups is 2. The van der Waals surface area contributed by atoms with E-state index in [9.17, 15) is 66.0 Å². The minimum Gasteiger partial charge on any atom is -0.505 e. The van der Waals surface area contributed by atoms with Crippen LogP contribution in [-0.2, 0) is 50.0 Å². The van der Waals surface area contributed by atoms with Crippen molar-refractivity contribution in [3.8, 4) is 11.5 Å². The van der Waals surface area contributed by atoms with Crippen LogP contribution in [0.1, 0.15) is 0 Å². The molecule has 0 atom stereocenters. The fraction of sp³-hybridized carbons (Fsp3) is 0.0741. The van der Waals surface area contributed by atoms with Crippen molar-refractivity contribution in [3.05, 3.63) is 162 Å². The molecule has 0 fully saturated rings. The smallest absolute Gasteiger partial charge is 0.296 e. The summed E-state index contributed by atoms with van der Waals surface area (Å²) in [6.07, 6.45) is 0. The summed E-state index contributed by atoms with van der Waals surface area (Å²) in [5.74, 6) is -2.17. The molecule has 10 rings (SSSR count). The van der Waals surface area contributed by atoms with Gasteiger partial charge in [0.15, 0.2) is 31.2 Å². The second-order valence-electron chi connectivity index (χ2n) is 19.0. The van der Waals surface area contributed by atoms with Gasteiger partial charge in [-0.1, -0.05) is 58.0 Å². The molecule has 0 aliphatic rings. The van der Waals surface area contributed by atoms with Gasteiger partial charge in [0.25, 0.3) is 30.4 Å². The number of azo groups is 2. The van der Waals surface area contributed by atoms with Gasteiger partial charge in [0.05, 0.1) is 53.8 Å². The predicted molar refractivity (Wildman–Crippen MR) is 347 cm³/mol. The molecule has 29 nitrogen and oxygen atoms in total. The van der Waals surface area contributed by atoms with Crippen molar-refractivity contribution >= 4 is 186 Å². The van der Waals surface area contributed by atoms with E-state index < -0.39 is 77.0 Å². The maximum absolute atomic E-state index is 13.3. The van der Waals surface area contributed by atoms with Crippen LogP contribution in [0.2, 0.25) is 10.6 Å². The van der Waals surface area contributed by atoms with Crippen LogP contribution in [0, 0.1) is 0 Å². The van der Waals surface area contributed by atoms with Crippen molar-refractivity contribution in [1.82, 2.24) is 29.9 Å².